The maximum atomic E-state index is 8.92. The van der Waals surface area contributed by atoms with Crippen LogP contribution in [-0.4, -0.2) is 30.1 Å². The van der Waals surface area contributed by atoms with Gasteiger partial charge in [0.2, 0.25) is 0 Å². The largest absolute Gasteiger partial charge is 0.496 e. The molecule has 20 heavy (non-hydrogen) atoms. The zero-order valence-electron chi connectivity index (χ0n) is 11.5. The molecule has 5 heteroatoms. The molecule has 1 atom stereocenters. The second kappa shape index (κ2) is 5.17. The fourth-order valence-electron chi connectivity index (χ4n) is 2.48. The lowest BCUT2D eigenvalue weighted by Gasteiger charge is -2.08. The van der Waals surface area contributed by atoms with Gasteiger partial charge in [-0.25, -0.2) is 0 Å². The minimum atomic E-state index is 0.0383. The molecule has 1 aliphatic heterocycles. The van der Waals surface area contributed by atoms with Gasteiger partial charge in [-0.1, -0.05) is 5.16 Å². The molecule has 0 saturated carbocycles. The van der Waals surface area contributed by atoms with E-state index in [9.17, 15) is 0 Å². The minimum absolute atomic E-state index is 0.0383. The summed E-state index contributed by atoms with van der Waals surface area (Å²) in [5, 5.41) is 13.0. The van der Waals surface area contributed by atoms with Crippen LogP contribution in [0.15, 0.2) is 22.7 Å². The van der Waals surface area contributed by atoms with Crippen LogP contribution in [0.1, 0.15) is 18.2 Å². The normalized spacial score (nSPS) is 16.9. The van der Waals surface area contributed by atoms with Gasteiger partial charge in [0.15, 0.2) is 0 Å². The van der Waals surface area contributed by atoms with E-state index in [2.05, 4.69) is 5.16 Å². The van der Waals surface area contributed by atoms with Crippen molar-refractivity contribution in [2.24, 2.45) is 0 Å². The molecule has 1 aliphatic rings. The highest BCUT2D eigenvalue weighted by Crippen LogP contribution is 2.39. The fourth-order valence-corrected chi connectivity index (χ4v) is 2.48. The van der Waals surface area contributed by atoms with E-state index in [-0.39, 0.29) is 12.7 Å². The molecule has 0 aliphatic carbocycles. The molecular weight excluding hydrogens is 258 g/mol. The average Bonchev–Trinajstić information content (AvgIpc) is 3.02. The molecule has 5 nitrogen and oxygen atoms in total. The summed E-state index contributed by atoms with van der Waals surface area (Å²) in [4.78, 5) is 0. The summed E-state index contributed by atoms with van der Waals surface area (Å²) < 4.78 is 16.4. The number of methoxy groups -OCH3 is 1. The highest BCUT2D eigenvalue weighted by Gasteiger charge is 2.23. The van der Waals surface area contributed by atoms with Crippen molar-refractivity contribution in [1.82, 2.24) is 5.16 Å². The number of aliphatic hydroxyl groups excluding tert-OH is 1. The van der Waals surface area contributed by atoms with E-state index in [1.54, 1.807) is 7.11 Å². The van der Waals surface area contributed by atoms with Gasteiger partial charge in [0.1, 0.15) is 29.1 Å². The lowest BCUT2D eigenvalue weighted by molar-refractivity contribution is 0.254. The summed E-state index contributed by atoms with van der Waals surface area (Å²) in [5.41, 5.74) is 2.68. The molecule has 2 heterocycles. The molecule has 1 aromatic heterocycles. The van der Waals surface area contributed by atoms with Gasteiger partial charge < -0.3 is 19.1 Å². The third kappa shape index (κ3) is 2.25. The van der Waals surface area contributed by atoms with Crippen molar-refractivity contribution < 1.29 is 19.1 Å². The highest BCUT2D eigenvalue weighted by molar-refractivity contribution is 5.71. The fraction of sp³-hybridized carbons (Fsp3) is 0.400. The van der Waals surface area contributed by atoms with Gasteiger partial charge in [0, 0.05) is 30.0 Å². The van der Waals surface area contributed by atoms with Crippen LogP contribution < -0.4 is 9.47 Å². The molecule has 0 fully saturated rings. The predicted octanol–water partition coefficient (Wildman–Crippen LogP) is 2.21. The average molecular weight is 275 g/mol. The Labute approximate surface area is 117 Å². The molecule has 1 unspecified atom stereocenters. The van der Waals surface area contributed by atoms with E-state index in [1.165, 1.54) is 0 Å². The number of aromatic nitrogens is 1. The number of benzene rings is 1. The first kappa shape index (κ1) is 13.0. The summed E-state index contributed by atoms with van der Waals surface area (Å²) in [7, 11) is 1.64. The topological polar surface area (TPSA) is 64.7 Å². The van der Waals surface area contributed by atoms with Gasteiger partial charge in [0.05, 0.1) is 13.7 Å². The molecule has 0 saturated heterocycles. The Balaban J connectivity index is 2.01. The molecule has 0 bridgehead atoms. The minimum Gasteiger partial charge on any atom is -0.496 e. The maximum absolute atomic E-state index is 8.92. The van der Waals surface area contributed by atoms with Crippen LogP contribution in [-0.2, 0) is 12.8 Å². The molecule has 0 radical (unpaired) electrons. The molecule has 0 spiro atoms. The Kier molecular flexibility index (Phi) is 3.36. The van der Waals surface area contributed by atoms with Gasteiger partial charge in [-0.2, -0.15) is 0 Å². The first-order chi connectivity index (χ1) is 9.71. The van der Waals surface area contributed by atoms with E-state index >= 15 is 0 Å². The van der Waals surface area contributed by atoms with Gasteiger partial charge in [0.25, 0.3) is 0 Å². The second-order valence-corrected chi connectivity index (χ2v) is 4.94. The predicted molar refractivity (Wildman–Crippen MR) is 73.1 cm³/mol. The molecule has 3 rings (SSSR count). The van der Waals surface area contributed by atoms with Crippen molar-refractivity contribution in [2.75, 3.05) is 13.7 Å². The van der Waals surface area contributed by atoms with Crippen molar-refractivity contribution in [3.63, 3.8) is 0 Å². The van der Waals surface area contributed by atoms with Gasteiger partial charge in [-0.15, -0.1) is 0 Å². The standard InChI is InChI=1S/C15H17NO4/c1-9-5-10-6-15(18-2)12(8-14(10)19-9)13-7-11(3-4-17)20-16-13/h6-9,17H,3-5H2,1-2H3. The van der Waals surface area contributed by atoms with Crippen molar-refractivity contribution in [3.05, 3.63) is 29.5 Å². The van der Waals surface area contributed by atoms with Crippen molar-refractivity contribution >= 4 is 0 Å². The van der Waals surface area contributed by atoms with Crippen LogP contribution in [0.4, 0.5) is 0 Å². The van der Waals surface area contributed by atoms with Crippen LogP contribution in [0.25, 0.3) is 11.3 Å². The molecule has 0 amide bonds. The summed E-state index contributed by atoms with van der Waals surface area (Å²) in [6, 6.07) is 5.76. The zero-order valence-corrected chi connectivity index (χ0v) is 11.5. The van der Waals surface area contributed by atoms with Crippen LogP contribution >= 0.6 is 0 Å². The number of nitrogens with zero attached hydrogens (tertiary/aromatic N) is 1. The first-order valence-corrected chi connectivity index (χ1v) is 6.65. The highest BCUT2D eigenvalue weighted by atomic mass is 16.5. The Morgan fingerprint density at radius 3 is 3.00 bits per heavy atom. The SMILES string of the molecule is COc1cc2c(cc1-c1cc(CCO)on1)OC(C)C2. The van der Waals surface area contributed by atoms with E-state index in [0.29, 0.717) is 17.9 Å². The third-order valence-corrected chi connectivity index (χ3v) is 3.41. The van der Waals surface area contributed by atoms with E-state index in [4.69, 9.17) is 19.1 Å². The van der Waals surface area contributed by atoms with Crippen molar-refractivity contribution in [2.45, 2.75) is 25.9 Å². The maximum Gasteiger partial charge on any atom is 0.139 e. The summed E-state index contributed by atoms with van der Waals surface area (Å²) in [5.74, 6) is 2.28. The van der Waals surface area contributed by atoms with Gasteiger partial charge in [-0.3, -0.25) is 0 Å². The summed E-state index contributed by atoms with van der Waals surface area (Å²) in [6.07, 6.45) is 1.53. The van der Waals surface area contributed by atoms with Crippen molar-refractivity contribution in [3.8, 4) is 22.8 Å². The Bertz CT molecular complexity index is 620. The number of hydrogen-bond acceptors (Lipinski definition) is 5. The van der Waals surface area contributed by atoms with E-state index in [0.717, 1.165) is 29.0 Å². The van der Waals surface area contributed by atoms with Crippen LogP contribution in [0, 0.1) is 0 Å². The summed E-state index contributed by atoms with van der Waals surface area (Å²) >= 11 is 0. The zero-order chi connectivity index (χ0) is 14.1. The Morgan fingerprint density at radius 2 is 2.25 bits per heavy atom. The van der Waals surface area contributed by atoms with Crippen LogP contribution in [0.5, 0.6) is 11.5 Å². The van der Waals surface area contributed by atoms with Gasteiger partial charge >= 0.3 is 0 Å². The lowest BCUT2D eigenvalue weighted by Crippen LogP contribution is -2.05. The lowest BCUT2D eigenvalue weighted by atomic mass is 10.0. The summed E-state index contributed by atoms with van der Waals surface area (Å²) in [6.45, 7) is 2.08. The first-order valence-electron chi connectivity index (χ1n) is 6.65. The van der Waals surface area contributed by atoms with Gasteiger partial charge in [-0.05, 0) is 19.1 Å². The smallest absolute Gasteiger partial charge is 0.139 e. The number of ether oxygens (including phenoxy) is 2. The molecule has 1 N–H and O–H groups in total. The Hall–Kier alpha value is -2.01. The number of fused-ring (bicyclic) bond motifs is 1. The molecular formula is C15H17NO4. The number of aliphatic hydroxyl groups is 1. The van der Waals surface area contributed by atoms with Crippen LogP contribution in [0.2, 0.25) is 0 Å². The second-order valence-electron chi connectivity index (χ2n) is 4.94. The molecule has 2 aromatic rings. The monoisotopic (exact) mass is 275 g/mol. The van der Waals surface area contributed by atoms with Crippen LogP contribution in [0.3, 0.4) is 0 Å². The van der Waals surface area contributed by atoms with E-state index < -0.39 is 0 Å². The quantitative estimate of drug-likeness (QED) is 0.926. The molecule has 106 valence electrons. The number of hydrogen-bond donors (Lipinski definition) is 1. The Morgan fingerprint density at radius 1 is 1.40 bits per heavy atom. The number of rotatable bonds is 4. The van der Waals surface area contributed by atoms with Crippen molar-refractivity contribution in [1.29, 1.82) is 0 Å². The van der Waals surface area contributed by atoms with E-state index in [1.807, 2.05) is 25.1 Å². The third-order valence-electron chi connectivity index (χ3n) is 3.41. The molecule has 1 aromatic carbocycles.